The molecule has 0 aliphatic heterocycles. The summed E-state index contributed by atoms with van der Waals surface area (Å²) in [6.45, 7) is 0.522. The first-order valence-corrected chi connectivity index (χ1v) is 6.53. The number of thiocarbonyl (C=S) groups is 1. The van der Waals surface area contributed by atoms with E-state index in [0.29, 0.717) is 12.1 Å². The van der Waals surface area contributed by atoms with Gasteiger partial charge < -0.3 is 10.3 Å². The second kappa shape index (κ2) is 5.02. The number of fused-ring (bicyclic) bond motifs is 1. The van der Waals surface area contributed by atoms with E-state index in [9.17, 15) is 4.39 Å². The molecule has 0 spiro atoms. The topological polar surface area (TPSA) is 43.8 Å². The SMILES string of the molecule is NC(=S)c1cc(F)cc(Cn2cnc3ccccc32)c1. The van der Waals surface area contributed by atoms with Gasteiger partial charge in [-0.05, 0) is 35.9 Å². The Hall–Kier alpha value is -2.27. The number of hydrogen-bond acceptors (Lipinski definition) is 2. The molecule has 0 saturated carbocycles. The second-order valence-corrected chi connectivity index (χ2v) is 5.01. The van der Waals surface area contributed by atoms with Crippen molar-refractivity contribution in [3.63, 3.8) is 0 Å². The van der Waals surface area contributed by atoms with Crippen LogP contribution in [0.25, 0.3) is 11.0 Å². The Morgan fingerprint density at radius 2 is 2.05 bits per heavy atom. The smallest absolute Gasteiger partial charge is 0.124 e. The maximum atomic E-state index is 13.6. The van der Waals surface area contributed by atoms with Gasteiger partial charge in [-0.1, -0.05) is 24.4 Å². The van der Waals surface area contributed by atoms with E-state index in [1.807, 2.05) is 28.8 Å². The monoisotopic (exact) mass is 285 g/mol. The van der Waals surface area contributed by atoms with Crippen molar-refractivity contribution in [3.05, 3.63) is 65.7 Å². The Labute approximate surface area is 120 Å². The first kappa shape index (κ1) is 12.7. The Morgan fingerprint density at radius 3 is 2.85 bits per heavy atom. The quantitative estimate of drug-likeness (QED) is 0.753. The fraction of sp³-hybridized carbons (Fsp3) is 0.0667. The highest BCUT2D eigenvalue weighted by atomic mass is 32.1. The van der Waals surface area contributed by atoms with Crippen molar-refractivity contribution >= 4 is 28.2 Å². The van der Waals surface area contributed by atoms with Crippen LogP contribution in [0.3, 0.4) is 0 Å². The molecule has 3 rings (SSSR count). The standard InChI is InChI=1S/C15H12FN3S/c16-12-6-10(5-11(7-12)15(17)20)8-19-9-18-13-3-1-2-4-14(13)19/h1-7,9H,8H2,(H2,17,20). The number of imidazole rings is 1. The number of para-hydroxylation sites is 2. The summed E-state index contributed by atoms with van der Waals surface area (Å²) in [5.74, 6) is -0.338. The van der Waals surface area contributed by atoms with Crippen LogP contribution in [0.15, 0.2) is 48.8 Å². The van der Waals surface area contributed by atoms with E-state index in [2.05, 4.69) is 4.98 Å². The van der Waals surface area contributed by atoms with E-state index < -0.39 is 0 Å². The van der Waals surface area contributed by atoms with Crippen LogP contribution < -0.4 is 5.73 Å². The molecule has 0 aliphatic carbocycles. The number of halogens is 1. The van der Waals surface area contributed by atoms with Crippen molar-refractivity contribution in [2.24, 2.45) is 5.73 Å². The number of hydrogen-bond donors (Lipinski definition) is 1. The fourth-order valence-electron chi connectivity index (χ4n) is 2.22. The molecule has 0 bridgehead atoms. The van der Waals surface area contributed by atoms with Crippen LogP contribution in [-0.2, 0) is 6.54 Å². The van der Waals surface area contributed by atoms with Crippen molar-refractivity contribution in [1.82, 2.24) is 9.55 Å². The van der Waals surface area contributed by atoms with Crippen LogP contribution in [0.1, 0.15) is 11.1 Å². The zero-order valence-electron chi connectivity index (χ0n) is 10.6. The van der Waals surface area contributed by atoms with Crippen LogP contribution >= 0.6 is 12.2 Å². The summed E-state index contributed by atoms with van der Waals surface area (Å²) in [5.41, 5.74) is 8.83. The summed E-state index contributed by atoms with van der Waals surface area (Å²) in [6.07, 6.45) is 1.75. The maximum absolute atomic E-state index is 13.6. The third-order valence-electron chi connectivity index (χ3n) is 3.12. The molecule has 100 valence electrons. The first-order chi connectivity index (χ1) is 9.63. The van der Waals surface area contributed by atoms with Crippen molar-refractivity contribution < 1.29 is 4.39 Å². The molecule has 0 saturated heterocycles. The van der Waals surface area contributed by atoms with Crippen LogP contribution in [0.4, 0.5) is 4.39 Å². The predicted molar refractivity (Wildman–Crippen MR) is 81.1 cm³/mol. The molecule has 0 atom stereocenters. The van der Waals surface area contributed by atoms with E-state index >= 15 is 0 Å². The largest absolute Gasteiger partial charge is 0.389 e. The lowest BCUT2D eigenvalue weighted by atomic mass is 10.1. The molecule has 1 heterocycles. The highest BCUT2D eigenvalue weighted by Crippen LogP contribution is 2.16. The third-order valence-corrected chi connectivity index (χ3v) is 3.36. The molecule has 20 heavy (non-hydrogen) atoms. The lowest BCUT2D eigenvalue weighted by molar-refractivity contribution is 0.623. The summed E-state index contributed by atoms with van der Waals surface area (Å²) in [5, 5.41) is 0. The van der Waals surface area contributed by atoms with Crippen LogP contribution in [0, 0.1) is 5.82 Å². The molecular formula is C15H12FN3S. The summed E-state index contributed by atoms with van der Waals surface area (Å²) in [4.78, 5) is 4.51. The van der Waals surface area contributed by atoms with E-state index in [0.717, 1.165) is 16.6 Å². The van der Waals surface area contributed by atoms with E-state index in [1.54, 1.807) is 12.4 Å². The zero-order chi connectivity index (χ0) is 14.1. The Bertz CT molecular complexity index is 795. The number of nitrogens with zero attached hydrogens (tertiary/aromatic N) is 2. The molecule has 2 N–H and O–H groups in total. The molecule has 0 aliphatic rings. The average Bonchev–Trinajstić information content (AvgIpc) is 2.82. The number of rotatable bonds is 3. The van der Waals surface area contributed by atoms with Gasteiger partial charge in [-0.15, -0.1) is 0 Å². The summed E-state index contributed by atoms with van der Waals surface area (Å²) >= 11 is 4.90. The van der Waals surface area contributed by atoms with Crippen LogP contribution in [0.2, 0.25) is 0 Å². The predicted octanol–water partition coefficient (Wildman–Crippen LogP) is 2.86. The fourth-order valence-corrected chi connectivity index (χ4v) is 2.33. The minimum Gasteiger partial charge on any atom is -0.389 e. The van der Waals surface area contributed by atoms with Gasteiger partial charge in [0.2, 0.25) is 0 Å². The van der Waals surface area contributed by atoms with Crippen molar-refractivity contribution in [2.45, 2.75) is 6.54 Å². The minimum atomic E-state index is -0.338. The molecular weight excluding hydrogens is 273 g/mol. The Morgan fingerprint density at radius 1 is 1.25 bits per heavy atom. The van der Waals surface area contributed by atoms with E-state index in [1.165, 1.54) is 12.1 Å². The molecule has 0 fully saturated rings. The Kier molecular flexibility index (Phi) is 3.20. The van der Waals surface area contributed by atoms with Crippen molar-refractivity contribution in [3.8, 4) is 0 Å². The minimum absolute atomic E-state index is 0.196. The number of aromatic nitrogens is 2. The number of benzene rings is 2. The highest BCUT2D eigenvalue weighted by molar-refractivity contribution is 7.80. The average molecular weight is 285 g/mol. The van der Waals surface area contributed by atoms with Gasteiger partial charge in [0.1, 0.15) is 10.8 Å². The third kappa shape index (κ3) is 2.40. The van der Waals surface area contributed by atoms with Gasteiger partial charge in [0.25, 0.3) is 0 Å². The van der Waals surface area contributed by atoms with Crippen LogP contribution in [-0.4, -0.2) is 14.5 Å². The lowest BCUT2D eigenvalue weighted by Crippen LogP contribution is -2.11. The number of nitrogens with two attached hydrogens (primary N) is 1. The van der Waals surface area contributed by atoms with Gasteiger partial charge in [-0.25, -0.2) is 9.37 Å². The summed E-state index contributed by atoms with van der Waals surface area (Å²) in [6, 6.07) is 12.4. The van der Waals surface area contributed by atoms with Gasteiger partial charge in [0, 0.05) is 12.1 Å². The second-order valence-electron chi connectivity index (χ2n) is 4.57. The molecule has 0 unspecified atom stereocenters. The molecule has 5 heteroatoms. The van der Waals surface area contributed by atoms with Crippen molar-refractivity contribution in [2.75, 3.05) is 0 Å². The van der Waals surface area contributed by atoms with E-state index in [-0.39, 0.29) is 10.8 Å². The normalized spacial score (nSPS) is 10.8. The Balaban J connectivity index is 2.00. The van der Waals surface area contributed by atoms with Crippen LogP contribution in [0.5, 0.6) is 0 Å². The highest BCUT2D eigenvalue weighted by Gasteiger charge is 2.06. The lowest BCUT2D eigenvalue weighted by Gasteiger charge is -2.07. The van der Waals surface area contributed by atoms with Gasteiger partial charge in [0.15, 0.2) is 0 Å². The zero-order valence-corrected chi connectivity index (χ0v) is 11.4. The van der Waals surface area contributed by atoms with Crippen molar-refractivity contribution in [1.29, 1.82) is 0 Å². The maximum Gasteiger partial charge on any atom is 0.124 e. The molecule has 0 amide bonds. The molecule has 3 aromatic rings. The van der Waals surface area contributed by atoms with Gasteiger partial charge >= 0.3 is 0 Å². The summed E-state index contributed by atoms with van der Waals surface area (Å²) in [7, 11) is 0. The van der Waals surface area contributed by atoms with Gasteiger partial charge in [0.05, 0.1) is 17.4 Å². The van der Waals surface area contributed by atoms with Gasteiger partial charge in [-0.3, -0.25) is 0 Å². The molecule has 0 radical (unpaired) electrons. The molecule has 1 aromatic heterocycles. The van der Waals surface area contributed by atoms with E-state index in [4.69, 9.17) is 18.0 Å². The molecule has 2 aromatic carbocycles. The first-order valence-electron chi connectivity index (χ1n) is 6.12. The van der Waals surface area contributed by atoms with Gasteiger partial charge in [-0.2, -0.15) is 0 Å². The molecule has 3 nitrogen and oxygen atoms in total. The summed E-state index contributed by atoms with van der Waals surface area (Å²) < 4.78 is 15.6.